The van der Waals surface area contributed by atoms with Gasteiger partial charge in [0.25, 0.3) is 0 Å². The van der Waals surface area contributed by atoms with E-state index >= 15 is 0 Å². The molecule has 3 nitrogen and oxygen atoms in total. The minimum atomic E-state index is -3.81. The number of benzene rings is 1. The maximum absolute atomic E-state index is 12.6. The SMILES string of the molecule is COP(=O)(O)c1c(C(C)(C)C)cc(C)cc1C(C)(C)C. The van der Waals surface area contributed by atoms with Gasteiger partial charge in [-0.25, -0.2) is 0 Å². The van der Waals surface area contributed by atoms with Crippen LogP contribution < -0.4 is 5.30 Å². The van der Waals surface area contributed by atoms with Crippen LogP contribution in [0.5, 0.6) is 0 Å². The van der Waals surface area contributed by atoms with Crippen molar-refractivity contribution in [3.8, 4) is 0 Å². The van der Waals surface area contributed by atoms with Crippen LogP contribution >= 0.6 is 7.60 Å². The predicted octanol–water partition coefficient (Wildman–Crippen LogP) is 4.05. The Hall–Kier alpha value is -0.630. The van der Waals surface area contributed by atoms with Crippen molar-refractivity contribution >= 4 is 12.9 Å². The van der Waals surface area contributed by atoms with E-state index in [0.717, 1.165) is 16.7 Å². The monoisotopic (exact) mass is 298 g/mol. The third-order valence-electron chi connectivity index (χ3n) is 3.40. The van der Waals surface area contributed by atoms with Gasteiger partial charge in [0.1, 0.15) is 0 Å². The van der Waals surface area contributed by atoms with Crippen molar-refractivity contribution in [2.24, 2.45) is 0 Å². The first-order valence-electron chi connectivity index (χ1n) is 6.85. The van der Waals surface area contributed by atoms with Gasteiger partial charge in [-0.15, -0.1) is 0 Å². The Morgan fingerprint density at radius 2 is 1.35 bits per heavy atom. The maximum Gasteiger partial charge on any atom is 0.359 e. The molecule has 0 spiro atoms. The molecule has 0 fully saturated rings. The van der Waals surface area contributed by atoms with Crippen molar-refractivity contribution in [1.29, 1.82) is 0 Å². The summed E-state index contributed by atoms with van der Waals surface area (Å²) in [4.78, 5) is 10.3. The highest BCUT2D eigenvalue weighted by atomic mass is 31.2. The molecular formula is C16H27O3P. The van der Waals surface area contributed by atoms with Crippen LogP contribution in [0.15, 0.2) is 12.1 Å². The van der Waals surface area contributed by atoms with Crippen molar-refractivity contribution in [2.45, 2.75) is 59.3 Å². The van der Waals surface area contributed by atoms with Crippen LogP contribution in [0.4, 0.5) is 0 Å². The summed E-state index contributed by atoms with van der Waals surface area (Å²) in [6.07, 6.45) is 0. The summed E-state index contributed by atoms with van der Waals surface area (Å²) in [5.41, 5.74) is 2.42. The summed E-state index contributed by atoms with van der Waals surface area (Å²) < 4.78 is 17.5. The second kappa shape index (κ2) is 5.29. The molecule has 0 aromatic heterocycles. The van der Waals surface area contributed by atoms with Gasteiger partial charge in [0.15, 0.2) is 0 Å². The molecule has 0 aliphatic heterocycles. The summed E-state index contributed by atoms with van der Waals surface area (Å²) in [6, 6.07) is 3.99. The van der Waals surface area contributed by atoms with Gasteiger partial charge < -0.3 is 9.42 Å². The lowest BCUT2D eigenvalue weighted by Gasteiger charge is -2.31. The molecule has 0 saturated heterocycles. The van der Waals surface area contributed by atoms with E-state index < -0.39 is 7.60 Å². The number of hydrogen-bond donors (Lipinski definition) is 1. The maximum atomic E-state index is 12.6. The van der Waals surface area contributed by atoms with E-state index in [9.17, 15) is 9.46 Å². The fourth-order valence-corrected chi connectivity index (χ4v) is 3.91. The number of rotatable bonds is 2. The van der Waals surface area contributed by atoms with Gasteiger partial charge in [0.05, 0.1) is 5.30 Å². The minimum Gasteiger partial charge on any atom is -0.321 e. The highest BCUT2D eigenvalue weighted by Gasteiger charge is 2.36. The minimum absolute atomic E-state index is 0.224. The second-order valence-corrected chi connectivity index (χ2v) is 9.26. The van der Waals surface area contributed by atoms with Gasteiger partial charge in [0, 0.05) is 7.11 Å². The zero-order chi connectivity index (χ0) is 15.9. The molecule has 0 aliphatic rings. The number of aryl methyl sites for hydroxylation is 1. The normalized spacial score (nSPS) is 16.1. The zero-order valence-electron chi connectivity index (χ0n) is 13.9. The molecule has 4 heteroatoms. The van der Waals surface area contributed by atoms with Crippen LogP contribution in [-0.2, 0) is 19.9 Å². The molecule has 0 saturated carbocycles. The van der Waals surface area contributed by atoms with E-state index in [4.69, 9.17) is 4.52 Å². The van der Waals surface area contributed by atoms with Crippen LogP contribution in [0.2, 0.25) is 0 Å². The smallest absolute Gasteiger partial charge is 0.321 e. The topological polar surface area (TPSA) is 46.5 Å². The lowest BCUT2D eigenvalue weighted by molar-refractivity contribution is 0.326. The predicted molar refractivity (Wildman–Crippen MR) is 85.0 cm³/mol. The molecule has 1 N–H and O–H groups in total. The second-order valence-electron chi connectivity index (χ2n) is 7.41. The van der Waals surface area contributed by atoms with Crippen molar-refractivity contribution in [3.63, 3.8) is 0 Å². The van der Waals surface area contributed by atoms with Gasteiger partial charge in [-0.1, -0.05) is 59.2 Å². The molecule has 0 radical (unpaired) electrons. The molecule has 0 aliphatic carbocycles. The molecule has 1 atom stereocenters. The first-order valence-corrected chi connectivity index (χ1v) is 8.43. The van der Waals surface area contributed by atoms with Crippen LogP contribution in [0.3, 0.4) is 0 Å². The number of hydrogen-bond acceptors (Lipinski definition) is 2. The Kier molecular flexibility index (Phi) is 4.61. The molecular weight excluding hydrogens is 271 g/mol. The molecule has 0 heterocycles. The van der Waals surface area contributed by atoms with E-state index in [0.29, 0.717) is 5.30 Å². The summed E-state index contributed by atoms with van der Waals surface area (Å²) in [5.74, 6) is 0. The summed E-state index contributed by atoms with van der Waals surface area (Å²) in [7, 11) is -2.52. The van der Waals surface area contributed by atoms with E-state index in [-0.39, 0.29) is 10.8 Å². The third kappa shape index (κ3) is 3.52. The highest BCUT2D eigenvalue weighted by molar-refractivity contribution is 7.61. The quantitative estimate of drug-likeness (QED) is 0.838. The first-order chi connectivity index (χ1) is 8.80. The largest absolute Gasteiger partial charge is 0.359 e. The molecule has 1 rings (SSSR count). The lowest BCUT2D eigenvalue weighted by atomic mass is 9.79. The van der Waals surface area contributed by atoms with E-state index in [1.807, 2.05) is 60.6 Å². The van der Waals surface area contributed by atoms with Crippen molar-refractivity contribution < 1.29 is 14.0 Å². The van der Waals surface area contributed by atoms with E-state index in [1.165, 1.54) is 7.11 Å². The third-order valence-corrected chi connectivity index (χ3v) is 4.94. The summed E-state index contributed by atoms with van der Waals surface area (Å²) in [5, 5.41) is 0.464. The van der Waals surface area contributed by atoms with Crippen LogP contribution in [-0.4, -0.2) is 12.0 Å². The summed E-state index contributed by atoms with van der Waals surface area (Å²) in [6.45, 7) is 14.3. The molecule has 1 aromatic carbocycles. The van der Waals surface area contributed by atoms with Crippen LogP contribution in [0.1, 0.15) is 58.2 Å². The Morgan fingerprint density at radius 3 is 1.60 bits per heavy atom. The zero-order valence-corrected chi connectivity index (χ0v) is 14.8. The van der Waals surface area contributed by atoms with Gasteiger partial charge in [-0.2, -0.15) is 0 Å². The van der Waals surface area contributed by atoms with E-state index in [2.05, 4.69) is 0 Å². The van der Waals surface area contributed by atoms with Crippen molar-refractivity contribution in [3.05, 3.63) is 28.8 Å². The molecule has 0 amide bonds. The van der Waals surface area contributed by atoms with Crippen molar-refractivity contribution in [1.82, 2.24) is 0 Å². The Bertz CT molecular complexity index is 513. The fraction of sp³-hybridized carbons (Fsp3) is 0.625. The van der Waals surface area contributed by atoms with Gasteiger partial charge in [-0.05, 0) is 28.9 Å². The molecule has 0 bridgehead atoms. The molecule has 20 heavy (non-hydrogen) atoms. The Balaban J connectivity index is 3.88. The van der Waals surface area contributed by atoms with Crippen LogP contribution in [0, 0.1) is 6.92 Å². The van der Waals surface area contributed by atoms with Gasteiger partial charge >= 0.3 is 7.60 Å². The molecule has 114 valence electrons. The van der Waals surface area contributed by atoms with E-state index in [1.54, 1.807) is 0 Å². The standard InChI is InChI=1S/C16H27O3P/c1-11-9-12(15(2,3)4)14(20(17,18)19-8)13(10-11)16(5,6)7/h9-10H,1-8H3,(H,17,18). The van der Waals surface area contributed by atoms with Crippen molar-refractivity contribution in [2.75, 3.05) is 7.11 Å². The first kappa shape index (κ1) is 17.4. The Morgan fingerprint density at radius 1 is 1.00 bits per heavy atom. The lowest BCUT2D eigenvalue weighted by Crippen LogP contribution is -2.31. The van der Waals surface area contributed by atoms with Gasteiger partial charge in [0.2, 0.25) is 0 Å². The summed E-state index contributed by atoms with van der Waals surface area (Å²) >= 11 is 0. The fourth-order valence-electron chi connectivity index (χ4n) is 2.32. The average molecular weight is 298 g/mol. The Labute approximate surface area is 122 Å². The van der Waals surface area contributed by atoms with Gasteiger partial charge in [-0.3, -0.25) is 4.57 Å². The van der Waals surface area contributed by atoms with Crippen LogP contribution in [0.25, 0.3) is 0 Å². The highest BCUT2D eigenvalue weighted by Crippen LogP contribution is 2.46. The average Bonchev–Trinajstić information content (AvgIpc) is 2.25. The molecule has 1 unspecified atom stereocenters. The molecule has 1 aromatic rings.